The van der Waals surface area contributed by atoms with Gasteiger partial charge in [0.05, 0.1) is 23.9 Å². The Hall–Kier alpha value is -0.680. The molecular formula is C10H15ClN2O2. The van der Waals surface area contributed by atoms with Gasteiger partial charge in [-0.3, -0.25) is 9.88 Å². The molecule has 5 heteroatoms. The van der Waals surface area contributed by atoms with Gasteiger partial charge in [0.25, 0.3) is 0 Å². The zero-order valence-electron chi connectivity index (χ0n) is 8.43. The monoisotopic (exact) mass is 230 g/mol. The molecule has 0 unspecified atom stereocenters. The van der Waals surface area contributed by atoms with Crippen molar-refractivity contribution in [2.24, 2.45) is 0 Å². The molecule has 0 spiro atoms. The van der Waals surface area contributed by atoms with Gasteiger partial charge in [0.15, 0.2) is 0 Å². The zero-order valence-corrected chi connectivity index (χ0v) is 9.19. The van der Waals surface area contributed by atoms with Gasteiger partial charge in [-0.1, -0.05) is 11.6 Å². The number of pyridine rings is 1. The van der Waals surface area contributed by atoms with Crippen LogP contribution in [0.3, 0.4) is 0 Å². The molecule has 0 fully saturated rings. The second kappa shape index (κ2) is 6.74. The molecule has 0 aromatic carbocycles. The summed E-state index contributed by atoms with van der Waals surface area (Å²) in [6.07, 6.45) is 1.59. The van der Waals surface area contributed by atoms with Crippen molar-refractivity contribution in [2.75, 3.05) is 26.3 Å². The Morgan fingerprint density at radius 1 is 1.20 bits per heavy atom. The molecule has 0 atom stereocenters. The summed E-state index contributed by atoms with van der Waals surface area (Å²) in [5.74, 6) is 0. The molecule has 0 saturated carbocycles. The molecule has 0 aliphatic carbocycles. The highest BCUT2D eigenvalue weighted by molar-refractivity contribution is 6.30. The Bertz CT molecular complexity index is 273. The van der Waals surface area contributed by atoms with Gasteiger partial charge in [0.1, 0.15) is 0 Å². The van der Waals surface area contributed by atoms with Crippen LogP contribution >= 0.6 is 11.6 Å². The van der Waals surface area contributed by atoms with Crippen LogP contribution in [0.2, 0.25) is 5.02 Å². The normalized spacial score (nSPS) is 10.9. The third-order valence-corrected chi connectivity index (χ3v) is 2.23. The van der Waals surface area contributed by atoms with E-state index in [2.05, 4.69) is 4.98 Å². The minimum absolute atomic E-state index is 0.0770. The van der Waals surface area contributed by atoms with Crippen molar-refractivity contribution in [3.8, 4) is 0 Å². The van der Waals surface area contributed by atoms with Crippen LogP contribution in [0.15, 0.2) is 18.3 Å². The number of hydrogen-bond acceptors (Lipinski definition) is 4. The topological polar surface area (TPSA) is 56.6 Å². The van der Waals surface area contributed by atoms with E-state index in [0.717, 1.165) is 5.69 Å². The van der Waals surface area contributed by atoms with Crippen LogP contribution in [0, 0.1) is 0 Å². The predicted octanol–water partition coefficient (Wildman–Crippen LogP) is 0.522. The second-order valence-electron chi connectivity index (χ2n) is 3.19. The van der Waals surface area contributed by atoms with Gasteiger partial charge in [0, 0.05) is 25.8 Å². The van der Waals surface area contributed by atoms with E-state index in [1.807, 2.05) is 11.0 Å². The lowest BCUT2D eigenvalue weighted by Gasteiger charge is -2.19. The molecular weight excluding hydrogens is 216 g/mol. The van der Waals surface area contributed by atoms with Gasteiger partial charge >= 0.3 is 0 Å². The smallest absolute Gasteiger partial charge is 0.0589 e. The molecule has 0 radical (unpaired) electrons. The molecule has 1 aromatic heterocycles. The Morgan fingerprint density at radius 2 is 1.87 bits per heavy atom. The van der Waals surface area contributed by atoms with Crippen LogP contribution in [0.4, 0.5) is 0 Å². The van der Waals surface area contributed by atoms with E-state index in [9.17, 15) is 0 Å². The van der Waals surface area contributed by atoms with Crippen molar-refractivity contribution < 1.29 is 10.2 Å². The minimum atomic E-state index is 0.0770. The number of hydrogen-bond donors (Lipinski definition) is 2. The third kappa shape index (κ3) is 4.57. The maximum atomic E-state index is 8.82. The fourth-order valence-electron chi connectivity index (χ4n) is 1.28. The van der Waals surface area contributed by atoms with Crippen LogP contribution in [0.25, 0.3) is 0 Å². The van der Waals surface area contributed by atoms with E-state index in [-0.39, 0.29) is 13.2 Å². The average Bonchev–Trinajstić information content (AvgIpc) is 2.22. The predicted molar refractivity (Wildman–Crippen MR) is 58.7 cm³/mol. The highest BCUT2D eigenvalue weighted by Crippen LogP contribution is 2.07. The average molecular weight is 231 g/mol. The minimum Gasteiger partial charge on any atom is -0.395 e. The van der Waals surface area contributed by atoms with Crippen LogP contribution < -0.4 is 0 Å². The van der Waals surface area contributed by atoms with Crippen molar-refractivity contribution >= 4 is 11.6 Å². The van der Waals surface area contributed by atoms with E-state index in [4.69, 9.17) is 21.8 Å². The molecule has 0 aliphatic heterocycles. The Kier molecular flexibility index (Phi) is 5.57. The van der Waals surface area contributed by atoms with E-state index < -0.39 is 0 Å². The lowest BCUT2D eigenvalue weighted by atomic mass is 10.3. The van der Waals surface area contributed by atoms with Crippen LogP contribution in [0.5, 0.6) is 0 Å². The third-order valence-electron chi connectivity index (χ3n) is 2.01. The summed E-state index contributed by atoms with van der Waals surface area (Å²) in [5.41, 5.74) is 0.876. The largest absolute Gasteiger partial charge is 0.395 e. The van der Waals surface area contributed by atoms with E-state index in [1.54, 1.807) is 12.3 Å². The first kappa shape index (κ1) is 12.4. The molecule has 2 N–H and O–H groups in total. The molecule has 84 valence electrons. The lowest BCUT2D eigenvalue weighted by molar-refractivity contribution is 0.154. The summed E-state index contributed by atoms with van der Waals surface area (Å²) in [5, 5.41) is 18.2. The summed E-state index contributed by atoms with van der Waals surface area (Å²) in [6.45, 7) is 1.83. The van der Waals surface area contributed by atoms with E-state index >= 15 is 0 Å². The number of nitrogens with zero attached hydrogens (tertiary/aromatic N) is 2. The van der Waals surface area contributed by atoms with E-state index in [0.29, 0.717) is 24.7 Å². The SMILES string of the molecule is OCCN(CCO)Cc1ccc(Cl)cn1. The summed E-state index contributed by atoms with van der Waals surface area (Å²) >= 11 is 5.71. The molecule has 0 amide bonds. The van der Waals surface area contributed by atoms with Crippen molar-refractivity contribution in [1.82, 2.24) is 9.88 Å². The van der Waals surface area contributed by atoms with Gasteiger partial charge in [-0.15, -0.1) is 0 Å². The first-order valence-corrected chi connectivity index (χ1v) is 5.18. The highest BCUT2D eigenvalue weighted by atomic mass is 35.5. The molecule has 15 heavy (non-hydrogen) atoms. The molecule has 4 nitrogen and oxygen atoms in total. The Labute approximate surface area is 94.1 Å². The maximum Gasteiger partial charge on any atom is 0.0589 e. The van der Waals surface area contributed by atoms with Gasteiger partial charge in [-0.25, -0.2) is 0 Å². The maximum absolute atomic E-state index is 8.82. The number of aliphatic hydroxyl groups is 2. The fourth-order valence-corrected chi connectivity index (χ4v) is 1.39. The first-order chi connectivity index (χ1) is 7.26. The van der Waals surface area contributed by atoms with Gasteiger partial charge < -0.3 is 10.2 Å². The Morgan fingerprint density at radius 3 is 2.33 bits per heavy atom. The van der Waals surface area contributed by atoms with Crippen molar-refractivity contribution in [2.45, 2.75) is 6.54 Å². The van der Waals surface area contributed by atoms with Crippen LogP contribution in [0.1, 0.15) is 5.69 Å². The molecule has 1 aromatic rings. The fraction of sp³-hybridized carbons (Fsp3) is 0.500. The number of aromatic nitrogens is 1. The van der Waals surface area contributed by atoms with Gasteiger partial charge in [-0.05, 0) is 12.1 Å². The summed E-state index contributed by atoms with van der Waals surface area (Å²) < 4.78 is 0. The molecule has 0 saturated heterocycles. The lowest BCUT2D eigenvalue weighted by Crippen LogP contribution is -2.29. The quantitative estimate of drug-likeness (QED) is 0.748. The summed E-state index contributed by atoms with van der Waals surface area (Å²) in [4.78, 5) is 6.07. The molecule has 0 bridgehead atoms. The molecule has 0 aliphatic rings. The highest BCUT2D eigenvalue weighted by Gasteiger charge is 2.05. The number of halogens is 1. The standard InChI is InChI=1S/C10H15ClN2O2/c11-9-1-2-10(12-7-9)8-13(3-5-14)4-6-15/h1-2,7,14-15H,3-6,8H2. The summed E-state index contributed by atoms with van der Waals surface area (Å²) in [7, 11) is 0. The zero-order chi connectivity index (χ0) is 11.1. The number of aliphatic hydroxyl groups excluding tert-OH is 2. The van der Waals surface area contributed by atoms with Gasteiger partial charge in [0.2, 0.25) is 0 Å². The first-order valence-electron chi connectivity index (χ1n) is 4.80. The second-order valence-corrected chi connectivity index (χ2v) is 3.63. The molecule has 1 heterocycles. The number of rotatable bonds is 6. The van der Waals surface area contributed by atoms with Crippen molar-refractivity contribution in [3.05, 3.63) is 29.0 Å². The Balaban J connectivity index is 2.53. The van der Waals surface area contributed by atoms with Crippen LogP contribution in [-0.4, -0.2) is 46.4 Å². The van der Waals surface area contributed by atoms with Crippen LogP contribution in [-0.2, 0) is 6.54 Å². The summed E-state index contributed by atoms with van der Waals surface area (Å²) in [6, 6.07) is 3.62. The van der Waals surface area contributed by atoms with Crippen molar-refractivity contribution in [1.29, 1.82) is 0 Å². The molecule has 1 rings (SSSR count). The van der Waals surface area contributed by atoms with Crippen molar-refractivity contribution in [3.63, 3.8) is 0 Å². The van der Waals surface area contributed by atoms with E-state index in [1.165, 1.54) is 0 Å². The van der Waals surface area contributed by atoms with Gasteiger partial charge in [-0.2, -0.15) is 0 Å².